The molecular weight excluding hydrogens is 363 g/mol. The van der Waals surface area contributed by atoms with E-state index in [1.54, 1.807) is 0 Å². The third kappa shape index (κ3) is 14.9. The lowest BCUT2D eigenvalue weighted by Gasteiger charge is -2.09. The van der Waals surface area contributed by atoms with Crippen LogP contribution in [0.2, 0.25) is 0 Å². The van der Waals surface area contributed by atoms with E-state index in [-0.39, 0.29) is 12.5 Å². The maximum Gasteiger partial charge on any atom is 0.431 e. The van der Waals surface area contributed by atoms with Crippen molar-refractivity contribution in [3.05, 3.63) is 0 Å². The molecule has 0 saturated heterocycles. The first-order chi connectivity index (χ1) is 10.9. The zero-order valence-electron chi connectivity index (χ0n) is 13.4. The number of carbonyl (C=O) groups is 2. The van der Waals surface area contributed by atoms with Crippen molar-refractivity contribution in [2.24, 2.45) is 0 Å². The fraction of sp³-hybridized carbons (Fsp3) is 0.833. The van der Waals surface area contributed by atoms with Crippen LogP contribution in [-0.2, 0) is 18.7 Å². The summed E-state index contributed by atoms with van der Waals surface area (Å²) >= 11 is 2.34. The van der Waals surface area contributed by atoms with Crippen LogP contribution in [-0.4, -0.2) is 48.3 Å². The van der Waals surface area contributed by atoms with E-state index in [2.05, 4.69) is 15.6 Å². The standard InChI is InChI=1S/C12H25N2O6PS2/c1-22-10-7-11(15)14-20-12(16)13-8-5-3-4-6-9-19-21(17,18)23-2/h3-10H2,1-2H3,(H,13,16)(H,14,15)(H,17,18). The van der Waals surface area contributed by atoms with Crippen molar-refractivity contribution in [2.45, 2.75) is 32.1 Å². The van der Waals surface area contributed by atoms with Crippen molar-refractivity contribution in [2.75, 3.05) is 31.4 Å². The van der Waals surface area contributed by atoms with Gasteiger partial charge in [-0.15, -0.1) is 0 Å². The highest BCUT2D eigenvalue weighted by Crippen LogP contribution is 2.53. The Morgan fingerprint density at radius 1 is 1.17 bits per heavy atom. The molecule has 0 heterocycles. The van der Waals surface area contributed by atoms with Crippen LogP contribution in [0, 0.1) is 0 Å². The number of nitrogens with one attached hydrogen (secondary N) is 2. The summed E-state index contributed by atoms with van der Waals surface area (Å²) < 4.78 is 16.0. The van der Waals surface area contributed by atoms with Crippen molar-refractivity contribution in [1.29, 1.82) is 0 Å². The molecule has 8 nitrogen and oxygen atoms in total. The van der Waals surface area contributed by atoms with Crippen LogP contribution in [0.3, 0.4) is 0 Å². The van der Waals surface area contributed by atoms with Gasteiger partial charge in [0.1, 0.15) is 0 Å². The maximum absolute atomic E-state index is 11.3. The van der Waals surface area contributed by atoms with Crippen LogP contribution in [0.4, 0.5) is 4.79 Å². The summed E-state index contributed by atoms with van der Waals surface area (Å²) in [6.07, 6.45) is 6.13. The van der Waals surface area contributed by atoms with Gasteiger partial charge in [0.15, 0.2) is 0 Å². The Bertz CT molecular complexity index is 400. The molecule has 0 aromatic carbocycles. The molecule has 0 aromatic rings. The number of hydrogen-bond donors (Lipinski definition) is 3. The van der Waals surface area contributed by atoms with Crippen LogP contribution < -0.4 is 10.8 Å². The average Bonchev–Trinajstić information content (AvgIpc) is 2.53. The SMILES string of the molecule is CSCCC(=O)NOC(=O)NCCCCCCOP(=O)(O)SC. The summed E-state index contributed by atoms with van der Waals surface area (Å²) in [5.41, 5.74) is 2.07. The summed E-state index contributed by atoms with van der Waals surface area (Å²) in [4.78, 5) is 36.2. The number of carbonyl (C=O) groups excluding carboxylic acids is 2. The zero-order chi connectivity index (χ0) is 17.6. The quantitative estimate of drug-likeness (QED) is 0.265. The first-order valence-corrected chi connectivity index (χ1v) is 12.0. The third-order valence-corrected chi connectivity index (χ3v) is 5.90. The lowest BCUT2D eigenvalue weighted by atomic mass is 10.2. The van der Waals surface area contributed by atoms with Crippen LogP contribution in [0.1, 0.15) is 32.1 Å². The molecule has 0 bridgehead atoms. The van der Waals surface area contributed by atoms with Crippen LogP contribution >= 0.6 is 29.9 Å². The Kier molecular flexibility index (Phi) is 13.7. The molecule has 0 aliphatic heterocycles. The van der Waals surface area contributed by atoms with Gasteiger partial charge in [0, 0.05) is 18.7 Å². The average molecular weight is 388 g/mol. The van der Waals surface area contributed by atoms with Gasteiger partial charge in [-0.2, -0.15) is 17.2 Å². The van der Waals surface area contributed by atoms with E-state index < -0.39 is 12.9 Å². The molecule has 0 aliphatic carbocycles. The first kappa shape index (κ1) is 22.6. The molecule has 11 heteroatoms. The van der Waals surface area contributed by atoms with Gasteiger partial charge in [0.2, 0.25) is 0 Å². The molecule has 0 fully saturated rings. The van der Waals surface area contributed by atoms with Crippen molar-refractivity contribution in [1.82, 2.24) is 10.8 Å². The second-order valence-corrected chi connectivity index (χ2v) is 9.51. The molecule has 0 aliphatic rings. The molecule has 1 unspecified atom stereocenters. The van der Waals surface area contributed by atoms with Crippen LogP contribution in [0.15, 0.2) is 0 Å². The highest BCUT2D eigenvalue weighted by atomic mass is 32.7. The normalized spacial score (nSPS) is 13.2. The second kappa shape index (κ2) is 14.0. The number of amides is 2. The van der Waals surface area contributed by atoms with Crippen LogP contribution in [0.5, 0.6) is 0 Å². The van der Waals surface area contributed by atoms with E-state index in [1.807, 2.05) is 6.26 Å². The molecule has 3 N–H and O–H groups in total. The second-order valence-electron chi connectivity index (χ2n) is 4.48. The Morgan fingerprint density at radius 2 is 1.87 bits per heavy atom. The number of hydroxylamine groups is 1. The van der Waals surface area contributed by atoms with Crippen LogP contribution in [0.25, 0.3) is 0 Å². The molecule has 2 amide bonds. The first-order valence-electron chi connectivity index (χ1n) is 7.17. The third-order valence-electron chi connectivity index (χ3n) is 2.62. The lowest BCUT2D eigenvalue weighted by Crippen LogP contribution is -2.34. The highest BCUT2D eigenvalue weighted by Gasteiger charge is 2.15. The van der Waals surface area contributed by atoms with Gasteiger partial charge < -0.3 is 19.6 Å². The largest absolute Gasteiger partial charge is 0.431 e. The Morgan fingerprint density at radius 3 is 2.52 bits per heavy atom. The van der Waals surface area contributed by atoms with Gasteiger partial charge in [-0.3, -0.25) is 4.79 Å². The summed E-state index contributed by atoms with van der Waals surface area (Å²) in [7, 11) is 0. The molecule has 0 radical (unpaired) electrons. The molecule has 0 rings (SSSR count). The number of thioether (sulfide) groups is 1. The van der Waals surface area contributed by atoms with Gasteiger partial charge in [-0.25, -0.2) is 9.36 Å². The Labute approximate surface area is 145 Å². The van der Waals surface area contributed by atoms with Crippen molar-refractivity contribution < 1.29 is 28.4 Å². The molecule has 0 aromatic heterocycles. The number of rotatable bonds is 12. The maximum atomic E-state index is 11.3. The smallest absolute Gasteiger partial charge is 0.322 e. The molecule has 0 spiro atoms. The Hall–Kier alpha value is -0.410. The zero-order valence-corrected chi connectivity index (χ0v) is 15.9. The summed E-state index contributed by atoms with van der Waals surface area (Å²) in [5, 5.41) is 2.52. The number of unbranched alkanes of at least 4 members (excludes halogenated alkanes) is 3. The van der Waals surface area contributed by atoms with Gasteiger partial charge in [0.25, 0.3) is 5.91 Å². The molecule has 136 valence electrons. The Balaban J connectivity index is 3.42. The summed E-state index contributed by atoms with van der Waals surface area (Å²) in [5.74, 6) is 0.337. The molecule has 1 atom stereocenters. The van der Waals surface area contributed by atoms with Gasteiger partial charge in [0.05, 0.1) is 6.61 Å². The monoisotopic (exact) mass is 388 g/mol. The van der Waals surface area contributed by atoms with Gasteiger partial charge in [-0.05, 0) is 36.7 Å². The van der Waals surface area contributed by atoms with E-state index >= 15 is 0 Å². The molecule has 23 heavy (non-hydrogen) atoms. The molecular formula is C12H25N2O6PS2. The summed E-state index contributed by atoms with van der Waals surface area (Å²) in [6.45, 7) is -2.79. The van der Waals surface area contributed by atoms with E-state index in [0.717, 1.165) is 30.6 Å². The predicted molar refractivity (Wildman–Crippen MR) is 93.4 cm³/mol. The lowest BCUT2D eigenvalue weighted by molar-refractivity contribution is -0.129. The minimum Gasteiger partial charge on any atom is -0.322 e. The van der Waals surface area contributed by atoms with Gasteiger partial charge in [-0.1, -0.05) is 12.8 Å². The predicted octanol–water partition coefficient (Wildman–Crippen LogP) is 2.54. The minimum atomic E-state index is -3.46. The van der Waals surface area contributed by atoms with E-state index in [1.165, 1.54) is 18.0 Å². The van der Waals surface area contributed by atoms with E-state index in [0.29, 0.717) is 25.1 Å². The van der Waals surface area contributed by atoms with Crippen molar-refractivity contribution >= 4 is 41.9 Å². The van der Waals surface area contributed by atoms with Crippen molar-refractivity contribution in [3.63, 3.8) is 0 Å². The topological polar surface area (TPSA) is 114 Å². The fourth-order valence-electron chi connectivity index (χ4n) is 1.39. The number of hydrogen-bond acceptors (Lipinski definition) is 7. The van der Waals surface area contributed by atoms with Crippen molar-refractivity contribution in [3.8, 4) is 0 Å². The molecule has 0 saturated carbocycles. The minimum absolute atomic E-state index is 0.242. The fourth-order valence-corrected chi connectivity index (χ4v) is 2.78. The van der Waals surface area contributed by atoms with E-state index in [9.17, 15) is 14.2 Å². The van der Waals surface area contributed by atoms with E-state index in [4.69, 9.17) is 9.42 Å². The summed E-state index contributed by atoms with van der Waals surface area (Å²) in [6, 6.07) is 0. The highest BCUT2D eigenvalue weighted by molar-refractivity contribution is 8.54. The van der Waals surface area contributed by atoms with Gasteiger partial charge >= 0.3 is 12.9 Å².